The van der Waals surface area contributed by atoms with Crippen molar-refractivity contribution >= 4 is 28.1 Å². The van der Waals surface area contributed by atoms with E-state index in [1.165, 1.54) is 11.8 Å². The molecule has 0 spiro atoms. The first kappa shape index (κ1) is 19.6. The molecule has 0 amide bonds. The summed E-state index contributed by atoms with van der Waals surface area (Å²) in [6.07, 6.45) is 3.23. The number of anilines is 1. The number of rotatable bonds is 3. The first-order valence-electron chi connectivity index (χ1n) is 10.6. The summed E-state index contributed by atoms with van der Waals surface area (Å²) < 4.78 is 14.0. The lowest BCUT2D eigenvalue weighted by atomic mass is 10.00. The predicted octanol–water partition coefficient (Wildman–Crippen LogP) is 4.78. The summed E-state index contributed by atoms with van der Waals surface area (Å²) in [5.74, 6) is -0.132. The third-order valence-corrected chi connectivity index (χ3v) is 6.96. The van der Waals surface area contributed by atoms with Gasteiger partial charge in [0.25, 0.3) is 5.56 Å². The number of hydrogen-bond acceptors (Lipinski definition) is 3. The summed E-state index contributed by atoms with van der Waals surface area (Å²) in [5.41, 5.74) is 1.85. The monoisotopic (exact) mass is 425 g/mol. The van der Waals surface area contributed by atoms with Gasteiger partial charge in [0.2, 0.25) is 0 Å². The molecule has 2 heterocycles. The van der Waals surface area contributed by atoms with Crippen LogP contribution in [0, 0.1) is 5.82 Å². The molecule has 2 fully saturated rings. The molecule has 1 saturated carbocycles. The maximum Gasteiger partial charge on any atom is 0.259 e. The lowest BCUT2D eigenvalue weighted by Gasteiger charge is -2.39. The van der Waals surface area contributed by atoms with Crippen LogP contribution in [0.5, 0.6) is 0 Å². The van der Waals surface area contributed by atoms with Crippen LogP contribution in [-0.4, -0.2) is 42.1 Å². The van der Waals surface area contributed by atoms with E-state index in [1.54, 1.807) is 6.07 Å². The van der Waals surface area contributed by atoms with E-state index >= 15 is 0 Å². The van der Waals surface area contributed by atoms with Crippen LogP contribution in [0.25, 0.3) is 10.8 Å². The molecule has 2 atom stereocenters. The molecular weight excluding hydrogens is 401 g/mol. The number of aromatic amines is 1. The normalized spacial score (nSPS) is 22.7. The van der Waals surface area contributed by atoms with Gasteiger partial charge >= 0.3 is 0 Å². The molecule has 1 aromatic heterocycles. The molecule has 1 aliphatic heterocycles. The van der Waals surface area contributed by atoms with Crippen LogP contribution in [0.1, 0.15) is 30.9 Å². The van der Waals surface area contributed by atoms with E-state index in [0.29, 0.717) is 17.3 Å². The van der Waals surface area contributed by atoms with Gasteiger partial charge in [-0.05, 0) is 61.0 Å². The molecular formula is C24H25ClFN3O. The molecule has 5 rings (SSSR count). The van der Waals surface area contributed by atoms with Gasteiger partial charge in [-0.25, -0.2) is 4.39 Å². The molecule has 2 aliphatic rings. The van der Waals surface area contributed by atoms with E-state index in [1.807, 2.05) is 24.3 Å². The predicted molar refractivity (Wildman–Crippen MR) is 120 cm³/mol. The largest absolute Gasteiger partial charge is 0.369 e. The maximum absolute atomic E-state index is 14.0. The van der Waals surface area contributed by atoms with Crippen molar-refractivity contribution in [2.75, 3.05) is 31.1 Å². The molecule has 3 aromatic rings. The molecule has 2 aromatic carbocycles. The van der Waals surface area contributed by atoms with Gasteiger partial charge in [-0.15, -0.1) is 0 Å². The van der Waals surface area contributed by atoms with Crippen LogP contribution in [-0.2, 0) is 0 Å². The third-order valence-electron chi connectivity index (χ3n) is 6.71. The maximum atomic E-state index is 14.0. The Kier molecular flexibility index (Phi) is 5.25. The Morgan fingerprint density at radius 1 is 1.00 bits per heavy atom. The second-order valence-corrected chi connectivity index (χ2v) is 8.86. The van der Waals surface area contributed by atoms with Crippen molar-refractivity contribution in [2.24, 2.45) is 0 Å². The fraction of sp³-hybridized carbons (Fsp3) is 0.375. The first-order chi connectivity index (χ1) is 14.6. The zero-order chi connectivity index (χ0) is 20.7. The average molecular weight is 426 g/mol. The van der Waals surface area contributed by atoms with Gasteiger partial charge in [-0.2, -0.15) is 0 Å². The number of aromatic nitrogens is 1. The molecule has 30 heavy (non-hydrogen) atoms. The smallest absolute Gasteiger partial charge is 0.259 e. The summed E-state index contributed by atoms with van der Waals surface area (Å²) in [7, 11) is 0. The van der Waals surface area contributed by atoms with Gasteiger partial charge in [0, 0.05) is 54.5 Å². The van der Waals surface area contributed by atoms with E-state index in [2.05, 4.69) is 26.9 Å². The van der Waals surface area contributed by atoms with Crippen LogP contribution < -0.4 is 10.5 Å². The zero-order valence-corrected chi connectivity index (χ0v) is 17.5. The first-order valence-corrected chi connectivity index (χ1v) is 11.0. The number of pyridine rings is 1. The van der Waals surface area contributed by atoms with Gasteiger partial charge < -0.3 is 9.88 Å². The molecule has 0 bridgehead atoms. The van der Waals surface area contributed by atoms with Gasteiger partial charge in [0.05, 0.1) is 5.39 Å². The minimum atomic E-state index is -0.455. The van der Waals surface area contributed by atoms with E-state index in [-0.39, 0.29) is 10.9 Å². The average Bonchev–Trinajstić information content (AvgIpc) is 3.25. The van der Waals surface area contributed by atoms with E-state index < -0.39 is 5.82 Å². The Labute approximate surface area is 180 Å². The Hall–Kier alpha value is -2.37. The van der Waals surface area contributed by atoms with Crippen LogP contribution in [0.3, 0.4) is 0 Å². The van der Waals surface area contributed by atoms with E-state index in [4.69, 9.17) is 11.6 Å². The zero-order valence-electron chi connectivity index (χ0n) is 16.8. The molecule has 1 saturated heterocycles. The van der Waals surface area contributed by atoms with Crippen molar-refractivity contribution in [1.29, 1.82) is 0 Å². The molecule has 0 radical (unpaired) electrons. The summed E-state index contributed by atoms with van der Waals surface area (Å²) >= 11 is 6.01. The number of hydrogen-bond donors (Lipinski definition) is 1. The van der Waals surface area contributed by atoms with Crippen molar-refractivity contribution in [2.45, 2.75) is 31.2 Å². The molecule has 6 heteroatoms. The quantitative estimate of drug-likeness (QED) is 0.656. The third kappa shape index (κ3) is 3.72. The SMILES string of the molecule is O=c1[nH]c([C@@H]2CC[C@@H](N3CCN(c4ccc(Cl)cc4)CC3)C2)cc2cccc(F)c12. The number of H-pyrrole nitrogens is 1. The minimum absolute atomic E-state index is 0.161. The fourth-order valence-electron chi connectivity index (χ4n) is 5.09. The van der Waals surface area contributed by atoms with Crippen LogP contribution >= 0.6 is 11.6 Å². The Bertz CT molecular complexity index is 1110. The highest BCUT2D eigenvalue weighted by Crippen LogP contribution is 2.37. The Morgan fingerprint density at radius 3 is 2.53 bits per heavy atom. The Morgan fingerprint density at radius 2 is 1.77 bits per heavy atom. The molecule has 1 aliphatic carbocycles. The topological polar surface area (TPSA) is 39.3 Å². The van der Waals surface area contributed by atoms with Gasteiger partial charge in [0.1, 0.15) is 5.82 Å². The van der Waals surface area contributed by atoms with Crippen molar-refractivity contribution < 1.29 is 4.39 Å². The van der Waals surface area contributed by atoms with Crippen LogP contribution in [0.2, 0.25) is 5.02 Å². The minimum Gasteiger partial charge on any atom is -0.369 e. The second kappa shape index (κ2) is 8.05. The highest BCUT2D eigenvalue weighted by Gasteiger charge is 2.32. The summed E-state index contributed by atoms with van der Waals surface area (Å²) in [5, 5.41) is 1.62. The molecule has 156 valence electrons. The lowest BCUT2D eigenvalue weighted by Crippen LogP contribution is -2.49. The molecule has 0 unspecified atom stereocenters. The summed E-state index contributed by atoms with van der Waals surface area (Å²) in [6, 6.07) is 15.4. The second-order valence-electron chi connectivity index (χ2n) is 8.42. The van der Waals surface area contributed by atoms with Crippen molar-refractivity contribution in [1.82, 2.24) is 9.88 Å². The van der Waals surface area contributed by atoms with E-state index in [9.17, 15) is 9.18 Å². The number of nitrogens with zero attached hydrogens (tertiary/aromatic N) is 2. The number of nitrogens with one attached hydrogen (secondary N) is 1. The number of piperazine rings is 1. The van der Waals surface area contributed by atoms with Crippen molar-refractivity contribution in [3.8, 4) is 0 Å². The lowest BCUT2D eigenvalue weighted by molar-refractivity contribution is 0.186. The number of benzene rings is 2. The van der Waals surface area contributed by atoms with Crippen molar-refractivity contribution in [3.05, 3.63) is 75.4 Å². The molecule has 1 N–H and O–H groups in total. The number of fused-ring (bicyclic) bond motifs is 1. The standard InChI is InChI=1S/C24H25ClFN3O/c25-18-5-8-19(9-6-18)28-10-12-29(13-11-28)20-7-4-16(14-20)22-15-17-2-1-3-21(26)23(17)24(30)27-22/h1-3,5-6,8-9,15-16,20H,4,7,10-14H2,(H,27,30)/t16-,20-/m1/s1. The van der Waals surface area contributed by atoms with Gasteiger partial charge in [-0.1, -0.05) is 23.7 Å². The van der Waals surface area contributed by atoms with Gasteiger partial charge in [-0.3, -0.25) is 9.69 Å². The summed E-state index contributed by atoms with van der Waals surface area (Å²) in [4.78, 5) is 20.4. The van der Waals surface area contributed by atoms with Crippen LogP contribution in [0.15, 0.2) is 53.3 Å². The number of halogens is 2. The highest BCUT2D eigenvalue weighted by molar-refractivity contribution is 6.30. The highest BCUT2D eigenvalue weighted by atomic mass is 35.5. The van der Waals surface area contributed by atoms with Gasteiger partial charge in [0.15, 0.2) is 0 Å². The van der Waals surface area contributed by atoms with Crippen molar-refractivity contribution in [3.63, 3.8) is 0 Å². The van der Waals surface area contributed by atoms with Crippen LogP contribution in [0.4, 0.5) is 10.1 Å². The summed E-state index contributed by atoms with van der Waals surface area (Å²) in [6.45, 7) is 4.10. The Balaban J connectivity index is 1.25. The molecule has 4 nitrogen and oxygen atoms in total. The van der Waals surface area contributed by atoms with E-state index in [0.717, 1.165) is 56.2 Å². The fourth-order valence-corrected chi connectivity index (χ4v) is 5.21.